The van der Waals surface area contributed by atoms with Gasteiger partial charge in [-0.05, 0) is 44.2 Å². The van der Waals surface area contributed by atoms with E-state index in [0.717, 1.165) is 34.9 Å². The van der Waals surface area contributed by atoms with Gasteiger partial charge < -0.3 is 14.8 Å². The Morgan fingerprint density at radius 2 is 2.00 bits per heavy atom. The highest BCUT2D eigenvalue weighted by atomic mass is 32.2. The van der Waals surface area contributed by atoms with Gasteiger partial charge >= 0.3 is 5.97 Å². The van der Waals surface area contributed by atoms with Gasteiger partial charge in [-0.25, -0.2) is 0 Å². The zero-order valence-electron chi connectivity index (χ0n) is 17.2. The number of carbonyl (C=O) groups is 1. The van der Waals surface area contributed by atoms with Gasteiger partial charge in [0.05, 0.1) is 5.54 Å². The molecule has 0 saturated heterocycles. The first-order chi connectivity index (χ1) is 13.8. The second-order valence-corrected chi connectivity index (χ2v) is 9.11. The lowest BCUT2D eigenvalue weighted by molar-refractivity contribution is -0.131. The van der Waals surface area contributed by atoms with Crippen molar-refractivity contribution in [2.45, 2.75) is 50.8 Å². The number of ether oxygens (including phenoxy) is 2. The van der Waals surface area contributed by atoms with Crippen LogP contribution in [0.15, 0.2) is 53.5 Å². The number of hydrogen-bond acceptors (Lipinski definition) is 6. The molecule has 0 saturated carbocycles. The third-order valence-electron chi connectivity index (χ3n) is 5.37. The molecule has 6 heteroatoms. The van der Waals surface area contributed by atoms with Crippen molar-refractivity contribution in [1.29, 1.82) is 0 Å². The summed E-state index contributed by atoms with van der Waals surface area (Å²) in [5, 5.41) is 4.47. The van der Waals surface area contributed by atoms with Gasteiger partial charge in [0.25, 0.3) is 0 Å². The minimum atomic E-state index is -0.407. The largest absolute Gasteiger partial charge is 0.485 e. The van der Waals surface area contributed by atoms with Gasteiger partial charge in [-0.15, -0.1) is 0 Å². The van der Waals surface area contributed by atoms with Crippen LogP contribution in [-0.2, 0) is 10.3 Å². The second kappa shape index (κ2) is 7.41. The summed E-state index contributed by atoms with van der Waals surface area (Å²) in [6.07, 6.45) is 3.51. The molecule has 0 amide bonds. The first-order valence-corrected chi connectivity index (χ1v) is 11.0. The molecule has 0 fully saturated rings. The van der Waals surface area contributed by atoms with Gasteiger partial charge in [0.2, 0.25) is 0 Å². The molecule has 2 unspecified atom stereocenters. The number of hydrogen-bond donors (Lipinski definition) is 1. The van der Waals surface area contributed by atoms with E-state index >= 15 is 0 Å². The highest BCUT2D eigenvalue weighted by Gasteiger charge is 2.48. The van der Waals surface area contributed by atoms with Crippen molar-refractivity contribution < 1.29 is 14.3 Å². The van der Waals surface area contributed by atoms with Crippen LogP contribution in [-0.4, -0.2) is 22.9 Å². The zero-order chi connectivity index (χ0) is 20.6. The summed E-state index contributed by atoms with van der Waals surface area (Å²) in [7, 11) is 0. The Hall–Kier alpha value is -2.47. The van der Waals surface area contributed by atoms with Gasteiger partial charge in [-0.3, -0.25) is 9.79 Å². The van der Waals surface area contributed by atoms with Gasteiger partial charge in [-0.1, -0.05) is 42.1 Å². The lowest BCUT2D eigenvalue weighted by Gasteiger charge is -2.47. The van der Waals surface area contributed by atoms with Crippen molar-refractivity contribution in [3.05, 3.63) is 59.7 Å². The van der Waals surface area contributed by atoms with Gasteiger partial charge in [-0.2, -0.15) is 0 Å². The van der Waals surface area contributed by atoms with Crippen molar-refractivity contribution in [3.8, 4) is 11.5 Å². The van der Waals surface area contributed by atoms with Crippen LogP contribution in [0.25, 0.3) is 0 Å². The molecule has 0 radical (unpaired) electrons. The minimum absolute atomic E-state index is 0.107. The molecule has 5 nitrogen and oxygen atoms in total. The monoisotopic (exact) mass is 410 g/mol. The Morgan fingerprint density at radius 3 is 2.69 bits per heavy atom. The molecule has 2 aromatic carbocycles. The van der Waals surface area contributed by atoms with Gasteiger partial charge in [0.1, 0.15) is 17.6 Å². The lowest BCUT2D eigenvalue weighted by atomic mass is 9.72. The van der Waals surface area contributed by atoms with Crippen molar-refractivity contribution in [1.82, 2.24) is 5.32 Å². The average Bonchev–Trinajstić information content (AvgIpc) is 2.66. The molecule has 0 aliphatic carbocycles. The van der Waals surface area contributed by atoms with Crippen LogP contribution in [0, 0.1) is 0 Å². The van der Waals surface area contributed by atoms with E-state index in [9.17, 15) is 4.79 Å². The van der Waals surface area contributed by atoms with E-state index in [2.05, 4.69) is 31.3 Å². The molecule has 2 aromatic rings. The Morgan fingerprint density at radius 1 is 1.24 bits per heavy atom. The van der Waals surface area contributed by atoms with E-state index < -0.39 is 5.54 Å². The van der Waals surface area contributed by atoms with Crippen LogP contribution >= 0.6 is 11.8 Å². The maximum atomic E-state index is 11.4. The second-order valence-electron chi connectivity index (χ2n) is 8.31. The smallest absolute Gasteiger partial charge is 0.308 e. The summed E-state index contributed by atoms with van der Waals surface area (Å²) >= 11 is 1.63. The number of carbonyl (C=O) groups excluding carboxylic acids is 1. The van der Waals surface area contributed by atoms with Crippen LogP contribution in [0.1, 0.15) is 50.8 Å². The highest BCUT2D eigenvalue weighted by Crippen LogP contribution is 2.52. The van der Waals surface area contributed by atoms with E-state index in [-0.39, 0.29) is 17.6 Å². The maximum absolute atomic E-state index is 11.4. The topological polar surface area (TPSA) is 59.9 Å². The van der Waals surface area contributed by atoms with Crippen molar-refractivity contribution >= 4 is 22.9 Å². The fourth-order valence-electron chi connectivity index (χ4n) is 4.38. The molecule has 29 heavy (non-hydrogen) atoms. The molecule has 0 bridgehead atoms. The number of thioether (sulfide) groups is 1. The molecule has 1 N–H and O–H groups in total. The van der Waals surface area contributed by atoms with Crippen LogP contribution in [0.3, 0.4) is 0 Å². The molecule has 0 aromatic heterocycles. The normalized spacial score (nSPS) is 24.7. The fourth-order valence-corrected chi connectivity index (χ4v) is 5.02. The number of fused-ring (bicyclic) bond motifs is 2. The van der Waals surface area contributed by atoms with Crippen molar-refractivity contribution in [2.24, 2.45) is 4.99 Å². The lowest BCUT2D eigenvalue weighted by Crippen LogP contribution is -2.53. The van der Waals surface area contributed by atoms with Gasteiger partial charge in [0, 0.05) is 30.5 Å². The van der Waals surface area contributed by atoms with Crippen LogP contribution in [0.4, 0.5) is 0 Å². The van der Waals surface area contributed by atoms with E-state index in [1.54, 1.807) is 11.8 Å². The zero-order valence-corrected chi connectivity index (χ0v) is 18.0. The third kappa shape index (κ3) is 3.99. The predicted octanol–water partition coefficient (Wildman–Crippen LogP) is 4.82. The summed E-state index contributed by atoms with van der Waals surface area (Å²) in [4.78, 5) is 16.6. The summed E-state index contributed by atoms with van der Waals surface area (Å²) in [5.41, 5.74) is 1.65. The van der Waals surface area contributed by atoms with Crippen molar-refractivity contribution in [3.63, 3.8) is 0 Å². The van der Waals surface area contributed by atoms with Crippen LogP contribution < -0.4 is 14.8 Å². The number of nitrogens with one attached hydrogen (secondary N) is 1. The van der Waals surface area contributed by atoms with E-state index in [4.69, 9.17) is 14.5 Å². The fraction of sp³-hybridized carbons (Fsp3) is 0.391. The standard InChI is InChI=1S/C23H26N2O3S/c1-15(26)27-17-10-11-18-19(12-17)28-20(16-8-6-5-7-9-16)13-23(18)14-22(2,3)24-21(25-23)29-4/h5-12,20H,13-14H2,1-4H3,(H,24,25). The van der Waals surface area contributed by atoms with E-state index in [1.165, 1.54) is 6.92 Å². The predicted molar refractivity (Wildman–Crippen MR) is 117 cm³/mol. The van der Waals surface area contributed by atoms with E-state index in [1.807, 2.05) is 42.7 Å². The Balaban J connectivity index is 1.85. The Kier molecular flexibility index (Phi) is 5.07. The third-order valence-corrected chi connectivity index (χ3v) is 5.95. The molecule has 2 aliphatic rings. The summed E-state index contributed by atoms with van der Waals surface area (Å²) in [6, 6.07) is 15.9. The molecular formula is C23H26N2O3S. The number of nitrogens with zero attached hydrogens (tertiary/aromatic N) is 1. The molecule has 1 spiro atoms. The van der Waals surface area contributed by atoms with Crippen LogP contribution in [0.2, 0.25) is 0 Å². The minimum Gasteiger partial charge on any atom is -0.485 e. The SMILES string of the molecule is CSC1=NC2(CC(c3ccccc3)Oc3cc(OC(C)=O)ccc32)CC(C)(C)N1. The molecule has 2 heterocycles. The molecule has 4 rings (SSSR count). The van der Waals surface area contributed by atoms with E-state index in [0.29, 0.717) is 5.75 Å². The first kappa shape index (κ1) is 19.8. The molecule has 152 valence electrons. The van der Waals surface area contributed by atoms with Gasteiger partial charge in [0.15, 0.2) is 5.17 Å². The quantitative estimate of drug-likeness (QED) is 0.568. The highest BCUT2D eigenvalue weighted by molar-refractivity contribution is 8.13. The summed E-state index contributed by atoms with van der Waals surface area (Å²) in [6.45, 7) is 5.82. The Bertz CT molecular complexity index is 958. The number of aliphatic imine (C=N–C) groups is 1. The summed E-state index contributed by atoms with van der Waals surface area (Å²) in [5.74, 6) is 0.869. The Labute approximate surface area is 175 Å². The molecular weight excluding hydrogens is 384 g/mol. The molecule has 2 atom stereocenters. The summed E-state index contributed by atoms with van der Waals surface area (Å²) < 4.78 is 11.7. The number of esters is 1. The average molecular weight is 411 g/mol. The number of rotatable bonds is 2. The number of benzene rings is 2. The maximum Gasteiger partial charge on any atom is 0.308 e. The number of amidine groups is 1. The van der Waals surface area contributed by atoms with Crippen molar-refractivity contribution in [2.75, 3.05) is 6.26 Å². The first-order valence-electron chi connectivity index (χ1n) is 9.77. The molecule has 2 aliphatic heterocycles. The van der Waals surface area contributed by atoms with Crippen LogP contribution in [0.5, 0.6) is 11.5 Å².